The number of aryl methyl sites for hydroxylation is 2. The highest BCUT2D eigenvalue weighted by atomic mass is 35.5. The van der Waals surface area contributed by atoms with Gasteiger partial charge in [0.2, 0.25) is 0 Å². The Hall–Kier alpha value is -4.08. The maximum Gasteiger partial charge on any atom is 0.264 e. The molecule has 39 heavy (non-hydrogen) atoms. The summed E-state index contributed by atoms with van der Waals surface area (Å²) in [5.74, 6) is -0.104. The van der Waals surface area contributed by atoms with Crippen molar-refractivity contribution in [2.24, 2.45) is 5.10 Å². The summed E-state index contributed by atoms with van der Waals surface area (Å²) in [7, 11) is -2.61. The second-order valence-corrected chi connectivity index (χ2v) is 11.3. The number of hydrogen-bond acceptors (Lipinski definition) is 5. The van der Waals surface area contributed by atoms with Crippen molar-refractivity contribution in [2.45, 2.75) is 25.7 Å². The Kier molecular flexibility index (Phi) is 8.42. The van der Waals surface area contributed by atoms with E-state index in [9.17, 15) is 13.2 Å². The van der Waals surface area contributed by atoms with Gasteiger partial charge in [-0.2, -0.15) is 5.10 Å². The fourth-order valence-corrected chi connectivity index (χ4v) is 5.77. The van der Waals surface area contributed by atoms with Gasteiger partial charge in [-0.1, -0.05) is 35.4 Å². The molecule has 0 aliphatic carbocycles. The Morgan fingerprint density at radius 3 is 2.36 bits per heavy atom. The van der Waals surface area contributed by atoms with Crippen molar-refractivity contribution in [3.8, 4) is 11.4 Å². The molecule has 4 aromatic rings. The lowest BCUT2D eigenvalue weighted by molar-refractivity contribution is -0.119. The van der Waals surface area contributed by atoms with Crippen molar-refractivity contribution in [2.75, 3.05) is 18.0 Å². The third-order valence-electron chi connectivity index (χ3n) is 6.19. The van der Waals surface area contributed by atoms with Crippen molar-refractivity contribution in [3.63, 3.8) is 0 Å². The van der Waals surface area contributed by atoms with E-state index >= 15 is 0 Å². The van der Waals surface area contributed by atoms with Crippen molar-refractivity contribution >= 4 is 39.4 Å². The number of aromatic nitrogens is 1. The summed E-state index contributed by atoms with van der Waals surface area (Å²) >= 11 is 6.13. The lowest BCUT2D eigenvalue weighted by Gasteiger charge is -2.24. The minimum absolute atomic E-state index is 0.00289. The highest BCUT2D eigenvalue weighted by molar-refractivity contribution is 7.92. The molecule has 0 saturated carbocycles. The zero-order valence-corrected chi connectivity index (χ0v) is 23.6. The summed E-state index contributed by atoms with van der Waals surface area (Å²) in [5.41, 5.74) is 7.70. The normalized spacial score (nSPS) is 11.5. The van der Waals surface area contributed by atoms with Gasteiger partial charge < -0.3 is 9.30 Å². The summed E-state index contributed by atoms with van der Waals surface area (Å²) in [6, 6.07) is 22.4. The van der Waals surface area contributed by atoms with E-state index in [1.54, 1.807) is 36.5 Å². The summed E-state index contributed by atoms with van der Waals surface area (Å²) in [6.07, 6.45) is 1.55. The van der Waals surface area contributed by atoms with Crippen LogP contribution in [0, 0.1) is 20.8 Å². The van der Waals surface area contributed by atoms with Crippen LogP contribution in [-0.2, 0) is 14.8 Å². The van der Waals surface area contributed by atoms with Crippen molar-refractivity contribution in [1.82, 2.24) is 9.99 Å². The molecule has 0 radical (unpaired) electrons. The molecule has 0 atom stereocenters. The predicted molar refractivity (Wildman–Crippen MR) is 155 cm³/mol. The van der Waals surface area contributed by atoms with Gasteiger partial charge in [0.1, 0.15) is 12.3 Å². The molecule has 0 unspecified atom stereocenters. The Morgan fingerprint density at radius 2 is 1.72 bits per heavy atom. The Bertz CT molecular complexity index is 1610. The molecule has 1 N–H and O–H groups in total. The van der Waals surface area contributed by atoms with E-state index in [-0.39, 0.29) is 10.6 Å². The number of methoxy groups -OCH3 is 1. The molecule has 1 amide bonds. The molecule has 4 rings (SSSR count). The van der Waals surface area contributed by atoms with Gasteiger partial charge in [0, 0.05) is 27.7 Å². The number of anilines is 1. The first-order valence-corrected chi connectivity index (χ1v) is 13.9. The zero-order valence-electron chi connectivity index (χ0n) is 22.1. The monoisotopic (exact) mass is 564 g/mol. The average Bonchev–Trinajstić information content (AvgIpc) is 3.20. The van der Waals surface area contributed by atoms with Crippen LogP contribution in [0.3, 0.4) is 0 Å². The fourth-order valence-electron chi connectivity index (χ4n) is 4.17. The highest BCUT2D eigenvalue weighted by Gasteiger charge is 2.27. The Labute approximate surface area is 233 Å². The van der Waals surface area contributed by atoms with Crippen molar-refractivity contribution in [1.29, 1.82) is 0 Å². The number of carbonyl (C=O) groups excluding carboxylic acids is 1. The summed E-state index contributed by atoms with van der Waals surface area (Å²) in [4.78, 5) is 12.9. The number of amides is 1. The minimum Gasteiger partial charge on any atom is -0.497 e. The highest BCUT2D eigenvalue weighted by Crippen LogP contribution is 2.27. The molecule has 0 aliphatic rings. The molecule has 1 aromatic heterocycles. The molecule has 0 fully saturated rings. The number of hydrogen-bond donors (Lipinski definition) is 1. The van der Waals surface area contributed by atoms with Gasteiger partial charge in [-0.25, -0.2) is 13.8 Å². The molecule has 0 aliphatic heterocycles. The van der Waals surface area contributed by atoms with Crippen LogP contribution in [0.2, 0.25) is 5.02 Å². The van der Waals surface area contributed by atoms with Gasteiger partial charge in [-0.3, -0.25) is 9.10 Å². The summed E-state index contributed by atoms with van der Waals surface area (Å²) in [6.45, 7) is 5.50. The van der Waals surface area contributed by atoms with Crippen LogP contribution >= 0.6 is 11.6 Å². The van der Waals surface area contributed by atoms with Crippen LogP contribution in [-0.4, -0.2) is 38.8 Å². The van der Waals surface area contributed by atoms with Crippen LogP contribution in [0.15, 0.2) is 88.9 Å². The van der Waals surface area contributed by atoms with E-state index in [1.165, 1.54) is 30.9 Å². The van der Waals surface area contributed by atoms with Crippen molar-refractivity contribution in [3.05, 3.63) is 106 Å². The standard InChI is InChI=1S/C29H29ClN4O4S/c1-20-8-10-25(11-9-20)34-21(2)16-23(22(34)3)18-31-32-29(35)19-33(26-7-5-6-24(30)17-26)39(36,37)28-14-12-27(38-4)13-15-28/h5-18H,19H2,1-4H3,(H,32,35)/b31-18-. The van der Waals surface area contributed by atoms with Crippen molar-refractivity contribution < 1.29 is 17.9 Å². The Morgan fingerprint density at radius 1 is 1.03 bits per heavy atom. The lowest BCUT2D eigenvalue weighted by Crippen LogP contribution is -2.39. The minimum atomic E-state index is -4.11. The van der Waals surface area contributed by atoms with Gasteiger partial charge in [0.05, 0.1) is 23.9 Å². The van der Waals surface area contributed by atoms with E-state index < -0.39 is 22.5 Å². The largest absolute Gasteiger partial charge is 0.497 e. The predicted octanol–water partition coefficient (Wildman–Crippen LogP) is 5.41. The van der Waals surface area contributed by atoms with E-state index in [0.29, 0.717) is 10.8 Å². The van der Waals surface area contributed by atoms with Crippen LogP contribution in [0.1, 0.15) is 22.5 Å². The number of nitrogens with zero attached hydrogens (tertiary/aromatic N) is 3. The van der Waals surface area contributed by atoms with Gasteiger partial charge in [-0.05, 0) is 81.4 Å². The van der Waals surface area contributed by atoms with Crippen LogP contribution in [0.5, 0.6) is 5.75 Å². The van der Waals surface area contributed by atoms with Gasteiger partial charge >= 0.3 is 0 Å². The molecule has 10 heteroatoms. The number of rotatable bonds is 9. The third-order valence-corrected chi connectivity index (χ3v) is 8.21. The van der Waals surface area contributed by atoms with E-state index in [4.69, 9.17) is 16.3 Å². The molecule has 0 bridgehead atoms. The first kappa shape index (κ1) is 27.9. The average molecular weight is 565 g/mol. The quantitative estimate of drug-likeness (QED) is 0.217. The number of halogens is 1. The number of nitrogens with one attached hydrogen (secondary N) is 1. The van der Waals surface area contributed by atoms with E-state index in [0.717, 1.165) is 26.9 Å². The summed E-state index contributed by atoms with van der Waals surface area (Å²) in [5, 5.41) is 4.44. The van der Waals surface area contributed by atoms with Crippen LogP contribution in [0.25, 0.3) is 5.69 Å². The zero-order chi connectivity index (χ0) is 28.2. The molecule has 0 saturated heterocycles. The first-order chi connectivity index (χ1) is 18.6. The number of benzene rings is 3. The second-order valence-electron chi connectivity index (χ2n) is 8.96. The van der Waals surface area contributed by atoms with Crippen LogP contribution < -0.4 is 14.5 Å². The lowest BCUT2D eigenvalue weighted by atomic mass is 10.2. The maximum absolute atomic E-state index is 13.5. The third kappa shape index (κ3) is 6.32. The fraction of sp³-hybridized carbons (Fsp3) is 0.172. The molecule has 3 aromatic carbocycles. The van der Waals surface area contributed by atoms with E-state index in [2.05, 4.69) is 15.1 Å². The molecule has 202 valence electrons. The summed E-state index contributed by atoms with van der Waals surface area (Å²) < 4.78 is 35.3. The molecule has 0 spiro atoms. The SMILES string of the molecule is COc1ccc(S(=O)(=O)N(CC(=O)N/N=C\c2cc(C)n(-c3ccc(C)cc3)c2C)c2cccc(Cl)c2)cc1. The van der Waals surface area contributed by atoms with E-state index in [1.807, 2.05) is 51.1 Å². The van der Waals surface area contributed by atoms with Gasteiger partial charge in [0.25, 0.3) is 15.9 Å². The topological polar surface area (TPSA) is 93.0 Å². The molecule has 1 heterocycles. The Balaban J connectivity index is 1.55. The number of carbonyl (C=O) groups is 1. The molecule has 8 nitrogen and oxygen atoms in total. The maximum atomic E-state index is 13.5. The molecular weight excluding hydrogens is 536 g/mol. The first-order valence-electron chi connectivity index (χ1n) is 12.1. The number of ether oxygens (including phenoxy) is 1. The van der Waals surface area contributed by atoms with Crippen LogP contribution in [0.4, 0.5) is 5.69 Å². The van der Waals surface area contributed by atoms with Gasteiger partial charge in [0.15, 0.2) is 0 Å². The second kappa shape index (κ2) is 11.8. The number of hydrazone groups is 1. The van der Waals surface area contributed by atoms with Gasteiger partial charge in [-0.15, -0.1) is 0 Å². The molecular formula is C29H29ClN4O4S. The number of sulfonamides is 1. The smallest absolute Gasteiger partial charge is 0.264 e.